The summed E-state index contributed by atoms with van der Waals surface area (Å²) in [6, 6.07) is 10.3. The number of pyridine rings is 1. The third kappa shape index (κ3) is 3.62. The number of anilines is 1. The van der Waals surface area contributed by atoms with Gasteiger partial charge in [0.1, 0.15) is 0 Å². The second kappa shape index (κ2) is 7.58. The molecule has 6 nitrogen and oxygen atoms in total. The number of nitrogens with zero attached hydrogens (tertiary/aromatic N) is 4. The third-order valence-electron chi connectivity index (χ3n) is 3.98. The van der Waals surface area contributed by atoms with E-state index in [1.807, 2.05) is 30.1 Å². The standard InChI is InChI=1S/C18H22N6S/c1-4-25-24(12-15-9-8-14(10-20-15)13(2)22-19)18-7-5-6-17-16(18)11-21-23(17)3/h5-11,22H,2,4,12,19H2,1,3H3. The molecule has 130 valence electrons. The number of fused-ring (bicyclic) bond motifs is 1. The van der Waals surface area contributed by atoms with Gasteiger partial charge in [-0.15, -0.1) is 0 Å². The molecule has 0 fully saturated rings. The van der Waals surface area contributed by atoms with Gasteiger partial charge in [-0.1, -0.05) is 19.6 Å². The second-order valence-corrected chi connectivity index (χ2v) is 6.87. The molecule has 25 heavy (non-hydrogen) atoms. The van der Waals surface area contributed by atoms with Gasteiger partial charge in [0.25, 0.3) is 0 Å². The summed E-state index contributed by atoms with van der Waals surface area (Å²) in [6.07, 6.45) is 3.71. The summed E-state index contributed by atoms with van der Waals surface area (Å²) < 4.78 is 4.16. The van der Waals surface area contributed by atoms with Crippen LogP contribution in [0, 0.1) is 0 Å². The lowest BCUT2D eigenvalue weighted by Gasteiger charge is -2.23. The molecule has 7 heteroatoms. The summed E-state index contributed by atoms with van der Waals surface area (Å²) >= 11 is 1.77. The zero-order chi connectivity index (χ0) is 17.8. The average Bonchev–Trinajstić information content (AvgIpc) is 3.02. The summed E-state index contributed by atoms with van der Waals surface area (Å²) in [5.41, 5.74) is 7.34. The van der Waals surface area contributed by atoms with Gasteiger partial charge in [-0.25, -0.2) is 0 Å². The molecular formula is C18H22N6S. The number of rotatable bonds is 7. The Morgan fingerprint density at radius 3 is 2.84 bits per heavy atom. The molecule has 0 radical (unpaired) electrons. The molecule has 3 rings (SSSR count). The first-order chi connectivity index (χ1) is 12.1. The van der Waals surface area contributed by atoms with E-state index in [1.165, 1.54) is 0 Å². The highest BCUT2D eigenvalue weighted by atomic mass is 32.2. The van der Waals surface area contributed by atoms with Crippen molar-refractivity contribution < 1.29 is 0 Å². The van der Waals surface area contributed by atoms with E-state index in [4.69, 9.17) is 5.84 Å². The largest absolute Gasteiger partial charge is 0.324 e. The molecule has 2 aromatic heterocycles. The van der Waals surface area contributed by atoms with Crippen molar-refractivity contribution in [1.82, 2.24) is 20.2 Å². The number of hydrogen-bond acceptors (Lipinski definition) is 6. The van der Waals surface area contributed by atoms with Gasteiger partial charge in [0.05, 0.1) is 35.3 Å². The highest BCUT2D eigenvalue weighted by molar-refractivity contribution is 8.00. The van der Waals surface area contributed by atoms with E-state index in [-0.39, 0.29) is 0 Å². The zero-order valence-corrected chi connectivity index (χ0v) is 15.3. The Bertz CT molecular complexity index is 871. The number of aromatic nitrogens is 3. The topological polar surface area (TPSA) is 72.0 Å². The predicted octanol–water partition coefficient (Wildman–Crippen LogP) is 3.08. The van der Waals surface area contributed by atoms with E-state index >= 15 is 0 Å². The van der Waals surface area contributed by atoms with Crippen LogP contribution in [0.2, 0.25) is 0 Å². The molecule has 0 aliphatic rings. The van der Waals surface area contributed by atoms with Gasteiger partial charge in [0.2, 0.25) is 0 Å². The van der Waals surface area contributed by atoms with Crippen LogP contribution in [-0.2, 0) is 13.6 Å². The molecule has 0 unspecified atom stereocenters. The first-order valence-electron chi connectivity index (χ1n) is 8.06. The van der Waals surface area contributed by atoms with Crippen molar-refractivity contribution in [3.8, 4) is 0 Å². The maximum atomic E-state index is 5.40. The fourth-order valence-electron chi connectivity index (χ4n) is 2.66. The number of hydrogen-bond donors (Lipinski definition) is 2. The quantitative estimate of drug-likeness (QED) is 0.386. The van der Waals surface area contributed by atoms with Crippen LogP contribution in [-0.4, -0.2) is 20.5 Å². The third-order valence-corrected chi connectivity index (χ3v) is 4.87. The lowest BCUT2D eigenvalue weighted by atomic mass is 10.2. The first kappa shape index (κ1) is 17.3. The van der Waals surface area contributed by atoms with E-state index < -0.39 is 0 Å². The fourth-order valence-corrected chi connectivity index (χ4v) is 3.50. The van der Waals surface area contributed by atoms with Crippen molar-refractivity contribution in [1.29, 1.82) is 0 Å². The normalized spacial score (nSPS) is 10.8. The zero-order valence-electron chi connectivity index (χ0n) is 14.4. The van der Waals surface area contributed by atoms with Crippen LogP contribution in [0.1, 0.15) is 18.2 Å². The Morgan fingerprint density at radius 1 is 1.32 bits per heavy atom. The van der Waals surface area contributed by atoms with Gasteiger partial charge in [-0.2, -0.15) is 5.10 Å². The molecule has 3 aromatic rings. The van der Waals surface area contributed by atoms with Crippen molar-refractivity contribution in [2.24, 2.45) is 12.9 Å². The maximum Gasteiger partial charge on any atom is 0.0718 e. The van der Waals surface area contributed by atoms with E-state index in [0.717, 1.165) is 33.6 Å². The van der Waals surface area contributed by atoms with Crippen molar-refractivity contribution in [3.05, 3.63) is 60.6 Å². The number of nitrogens with two attached hydrogens (primary N) is 1. The summed E-state index contributed by atoms with van der Waals surface area (Å²) in [4.78, 5) is 4.55. The SMILES string of the molecule is C=C(NN)c1ccc(CN(SCC)c2cccc3c2cnn3C)nc1. The van der Waals surface area contributed by atoms with Crippen LogP contribution in [0.4, 0.5) is 5.69 Å². The summed E-state index contributed by atoms with van der Waals surface area (Å²) in [5, 5.41) is 5.52. The molecule has 2 heterocycles. The molecule has 1 aromatic carbocycles. The number of benzene rings is 1. The van der Waals surface area contributed by atoms with Crippen LogP contribution in [0.3, 0.4) is 0 Å². The fraction of sp³-hybridized carbons (Fsp3) is 0.222. The van der Waals surface area contributed by atoms with Crippen molar-refractivity contribution in [2.45, 2.75) is 13.5 Å². The molecule has 0 saturated heterocycles. The van der Waals surface area contributed by atoms with Crippen molar-refractivity contribution in [3.63, 3.8) is 0 Å². The number of aryl methyl sites for hydroxylation is 1. The second-order valence-electron chi connectivity index (χ2n) is 5.59. The van der Waals surface area contributed by atoms with E-state index in [9.17, 15) is 0 Å². The molecule has 0 saturated carbocycles. The van der Waals surface area contributed by atoms with E-state index in [2.05, 4.69) is 51.5 Å². The average molecular weight is 354 g/mol. The van der Waals surface area contributed by atoms with E-state index in [0.29, 0.717) is 12.2 Å². The maximum absolute atomic E-state index is 5.40. The van der Waals surface area contributed by atoms with Gasteiger partial charge >= 0.3 is 0 Å². The molecule has 0 aliphatic heterocycles. The van der Waals surface area contributed by atoms with Gasteiger partial charge in [0.15, 0.2) is 0 Å². The first-order valence-corrected chi connectivity index (χ1v) is 9.00. The smallest absolute Gasteiger partial charge is 0.0718 e. The Hall–Kier alpha value is -2.51. The van der Waals surface area contributed by atoms with Crippen LogP contribution < -0.4 is 15.6 Å². The molecule has 0 bridgehead atoms. The monoisotopic (exact) mass is 354 g/mol. The van der Waals surface area contributed by atoms with Gasteiger partial charge in [0, 0.05) is 29.9 Å². The molecule has 0 aliphatic carbocycles. The molecule has 0 amide bonds. The van der Waals surface area contributed by atoms with Gasteiger partial charge < -0.3 is 9.73 Å². The molecule has 0 spiro atoms. The summed E-state index contributed by atoms with van der Waals surface area (Å²) in [6.45, 7) is 6.70. The van der Waals surface area contributed by atoms with Gasteiger partial charge in [-0.05, 0) is 36.2 Å². The summed E-state index contributed by atoms with van der Waals surface area (Å²) in [7, 11) is 1.96. The lowest BCUT2D eigenvalue weighted by Crippen LogP contribution is -2.19. The minimum absolute atomic E-state index is 0.652. The number of nitrogens with one attached hydrogen (secondary N) is 1. The van der Waals surface area contributed by atoms with Crippen LogP contribution in [0.5, 0.6) is 0 Å². The Balaban J connectivity index is 1.89. The minimum atomic E-state index is 0.652. The number of hydrazine groups is 1. The van der Waals surface area contributed by atoms with Crippen LogP contribution in [0.15, 0.2) is 49.3 Å². The van der Waals surface area contributed by atoms with E-state index in [1.54, 1.807) is 18.1 Å². The molecular weight excluding hydrogens is 332 g/mol. The minimum Gasteiger partial charge on any atom is -0.324 e. The molecule has 0 atom stereocenters. The van der Waals surface area contributed by atoms with Crippen molar-refractivity contribution in [2.75, 3.05) is 10.1 Å². The molecule has 3 N–H and O–H groups in total. The van der Waals surface area contributed by atoms with Gasteiger partial charge in [-0.3, -0.25) is 15.5 Å². The predicted molar refractivity (Wildman–Crippen MR) is 106 cm³/mol. The Morgan fingerprint density at radius 2 is 2.16 bits per heavy atom. The Kier molecular flexibility index (Phi) is 5.25. The Labute approximate surface area is 151 Å². The van der Waals surface area contributed by atoms with Crippen LogP contribution in [0.25, 0.3) is 16.6 Å². The summed E-state index contributed by atoms with van der Waals surface area (Å²) in [5.74, 6) is 6.37. The van der Waals surface area contributed by atoms with Crippen molar-refractivity contribution >= 4 is 34.2 Å². The highest BCUT2D eigenvalue weighted by Gasteiger charge is 2.14. The highest BCUT2D eigenvalue weighted by Crippen LogP contribution is 2.32. The van der Waals surface area contributed by atoms with Crippen LogP contribution >= 0.6 is 11.9 Å². The lowest BCUT2D eigenvalue weighted by molar-refractivity contribution is 0.797.